The Morgan fingerprint density at radius 1 is 1.24 bits per heavy atom. The number of aliphatic carboxylic acids is 1. The Morgan fingerprint density at radius 3 is 2.29 bits per heavy atom. The van der Waals surface area contributed by atoms with Gasteiger partial charge in [-0.3, -0.25) is 4.79 Å². The quantitative estimate of drug-likeness (QED) is 0.878. The van der Waals surface area contributed by atoms with E-state index in [0.29, 0.717) is 5.56 Å². The lowest BCUT2D eigenvalue weighted by Crippen LogP contribution is -2.42. The number of rotatable bonds is 5. The van der Waals surface area contributed by atoms with E-state index in [4.69, 9.17) is 5.11 Å². The summed E-state index contributed by atoms with van der Waals surface area (Å²) in [6.45, 7) is 5.73. The number of carboxylic acid groups (broad SMARTS) is 1. The molecule has 1 aromatic carbocycles. The van der Waals surface area contributed by atoms with Gasteiger partial charge in [-0.25, -0.2) is 13.6 Å². The lowest BCUT2D eigenvalue weighted by Gasteiger charge is -2.23. The van der Waals surface area contributed by atoms with E-state index < -0.39 is 30.8 Å². The van der Waals surface area contributed by atoms with Crippen molar-refractivity contribution in [3.63, 3.8) is 0 Å². The fourth-order valence-electron chi connectivity index (χ4n) is 1.97. The van der Waals surface area contributed by atoms with Gasteiger partial charge in [0.15, 0.2) is 0 Å². The van der Waals surface area contributed by atoms with E-state index in [1.807, 2.05) is 20.8 Å². The molecule has 1 atom stereocenters. The van der Waals surface area contributed by atoms with Crippen molar-refractivity contribution < 1.29 is 23.5 Å². The van der Waals surface area contributed by atoms with Gasteiger partial charge >= 0.3 is 5.97 Å². The monoisotopic (exact) mass is 299 g/mol. The Labute approximate surface area is 122 Å². The Hall–Kier alpha value is -1.98. The van der Waals surface area contributed by atoms with Crippen molar-refractivity contribution in [1.82, 2.24) is 5.32 Å². The predicted octanol–water partition coefficient (Wildman–Crippen LogP) is 2.82. The molecular formula is C15H19F2NO3. The van der Waals surface area contributed by atoms with Gasteiger partial charge in [0.2, 0.25) is 6.43 Å². The van der Waals surface area contributed by atoms with Gasteiger partial charge in [0.05, 0.1) is 0 Å². The SMILES string of the molecule is CC(C)(C)c1ccccc1C(=O)NC(CC(F)F)C(=O)O. The van der Waals surface area contributed by atoms with Crippen LogP contribution in [0.1, 0.15) is 43.1 Å². The summed E-state index contributed by atoms with van der Waals surface area (Å²) in [5, 5.41) is 11.1. The average Bonchev–Trinajstić information content (AvgIpc) is 2.36. The molecule has 1 aromatic rings. The van der Waals surface area contributed by atoms with E-state index >= 15 is 0 Å². The standard InChI is InChI=1S/C15H19F2NO3/c1-15(2,3)10-7-5-4-6-9(10)13(19)18-11(14(20)21)8-12(16)17/h4-7,11-12H,8H2,1-3H3,(H,18,19)(H,20,21). The van der Waals surface area contributed by atoms with E-state index in [2.05, 4.69) is 5.32 Å². The zero-order valence-corrected chi connectivity index (χ0v) is 12.2. The molecule has 0 aliphatic heterocycles. The second-order valence-corrected chi connectivity index (χ2v) is 5.79. The lowest BCUT2D eigenvalue weighted by atomic mass is 9.83. The van der Waals surface area contributed by atoms with Gasteiger partial charge in [0, 0.05) is 12.0 Å². The van der Waals surface area contributed by atoms with E-state index in [-0.39, 0.29) is 5.41 Å². The van der Waals surface area contributed by atoms with Crippen LogP contribution in [0.15, 0.2) is 24.3 Å². The Balaban J connectivity index is 3.01. The number of carboxylic acids is 1. The maximum atomic E-state index is 12.4. The van der Waals surface area contributed by atoms with Gasteiger partial charge in [-0.1, -0.05) is 39.0 Å². The first kappa shape index (κ1) is 17.1. The first-order valence-corrected chi connectivity index (χ1v) is 6.54. The third-order valence-corrected chi connectivity index (χ3v) is 3.00. The lowest BCUT2D eigenvalue weighted by molar-refractivity contribution is -0.140. The van der Waals surface area contributed by atoms with Gasteiger partial charge in [-0.2, -0.15) is 0 Å². The Kier molecular flexibility index (Phi) is 5.41. The first-order valence-electron chi connectivity index (χ1n) is 6.54. The topological polar surface area (TPSA) is 66.4 Å². The van der Waals surface area contributed by atoms with Gasteiger partial charge in [0.1, 0.15) is 6.04 Å². The number of hydrogen-bond acceptors (Lipinski definition) is 2. The van der Waals surface area contributed by atoms with Crippen LogP contribution in [0.3, 0.4) is 0 Å². The van der Waals surface area contributed by atoms with E-state index in [1.54, 1.807) is 24.3 Å². The number of alkyl halides is 2. The zero-order chi connectivity index (χ0) is 16.2. The number of benzene rings is 1. The van der Waals surface area contributed by atoms with Gasteiger partial charge in [0.25, 0.3) is 5.91 Å². The van der Waals surface area contributed by atoms with Crippen LogP contribution in [-0.2, 0) is 10.2 Å². The molecule has 0 saturated heterocycles. The molecule has 0 aliphatic rings. The van der Waals surface area contributed by atoms with Crippen LogP contribution in [-0.4, -0.2) is 29.5 Å². The molecule has 0 saturated carbocycles. The Morgan fingerprint density at radius 2 is 1.81 bits per heavy atom. The third-order valence-electron chi connectivity index (χ3n) is 3.00. The highest BCUT2D eigenvalue weighted by atomic mass is 19.3. The van der Waals surface area contributed by atoms with Crippen molar-refractivity contribution in [3.8, 4) is 0 Å². The smallest absolute Gasteiger partial charge is 0.326 e. The number of amides is 1. The number of carbonyl (C=O) groups excluding carboxylic acids is 1. The fourth-order valence-corrected chi connectivity index (χ4v) is 1.97. The van der Waals surface area contributed by atoms with Crippen molar-refractivity contribution >= 4 is 11.9 Å². The van der Waals surface area contributed by atoms with E-state index in [9.17, 15) is 18.4 Å². The number of halogens is 2. The van der Waals surface area contributed by atoms with Gasteiger partial charge in [-0.15, -0.1) is 0 Å². The van der Waals surface area contributed by atoms with E-state index in [1.165, 1.54) is 0 Å². The summed E-state index contributed by atoms with van der Waals surface area (Å²) in [6, 6.07) is 5.12. The summed E-state index contributed by atoms with van der Waals surface area (Å²) >= 11 is 0. The second-order valence-electron chi connectivity index (χ2n) is 5.79. The maximum absolute atomic E-state index is 12.4. The van der Waals surface area contributed by atoms with Crippen molar-refractivity contribution in [2.75, 3.05) is 0 Å². The first-order chi connectivity index (χ1) is 9.62. The summed E-state index contributed by atoms with van der Waals surface area (Å²) in [7, 11) is 0. The van der Waals surface area contributed by atoms with Gasteiger partial charge in [-0.05, 0) is 17.0 Å². The highest BCUT2D eigenvalue weighted by Gasteiger charge is 2.27. The minimum absolute atomic E-state index is 0.297. The van der Waals surface area contributed by atoms with E-state index in [0.717, 1.165) is 5.56 Å². The molecule has 0 spiro atoms. The number of hydrogen-bond donors (Lipinski definition) is 2. The van der Waals surface area contributed by atoms with Crippen molar-refractivity contribution in [1.29, 1.82) is 0 Å². The van der Waals surface area contributed by atoms with Crippen molar-refractivity contribution in [3.05, 3.63) is 35.4 Å². The summed E-state index contributed by atoms with van der Waals surface area (Å²) in [5.41, 5.74) is 0.698. The average molecular weight is 299 g/mol. The fraction of sp³-hybridized carbons (Fsp3) is 0.467. The van der Waals surface area contributed by atoms with Crippen LogP contribution in [0.2, 0.25) is 0 Å². The summed E-state index contributed by atoms with van der Waals surface area (Å²) in [5.74, 6) is -2.13. The summed E-state index contributed by atoms with van der Waals surface area (Å²) in [4.78, 5) is 23.1. The number of carbonyl (C=O) groups is 2. The predicted molar refractivity (Wildman–Crippen MR) is 74.7 cm³/mol. The molecule has 0 aromatic heterocycles. The zero-order valence-electron chi connectivity index (χ0n) is 12.2. The van der Waals surface area contributed by atoms with Crippen LogP contribution >= 0.6 is 0 Å². The normalized spacial score (nSPS) is 13.0. The largest absolute Gasteiger partial charge is 0.480 e. The van der Waals surface area contributed by atoms with Gasteiger partial charge < -0.3 is 10.4 Å². The second kappa shape index (κ2) is 6.65. The molecule has 1 amide bonds. The minimum Gasteiger partial charge on any atom is -0.480 e. The molecule has 2 N–H and O–H groups in total. The summed E-state index contributed by atoms with van der Waals surface area (Å²) in [6.07, 6.45) is -3.72. The van der Waals surface area contributed by atoms with Crippen LogP contribution in [0.4, 0.5) is 8.78 Å². The van der Waals surface area contributed by atoms with Crippen LogP contribution < -0.4 is 5.32 Å². The highest BCUT2D eigenvalue weighted by Crippen LogP contribution is 2.25. The van der Waals surface area contributed by atoms with Crippen molar-refractivity contribution in [2.24, 2.45) is 0 Å². The molecule has 0 fully saturated rings. The van der Waals surface area contributed by atoms with Crippen LogP contribution in [0.5, 0.6) is 0 Å². The van der Waals surface area contributed by atoms with Crippen molar-refractivity contribution in [2.45, 2.75) is 45.1 Å². The molecule has 6 heteroatoms. The van der Waals surface area contributed by atoms with Crippen LogP contribution in [0.25, 0.3) is 0 Å². The molecule has 1 unspecified atom stereocenters. The summed E-state index contributed by atoms with van der Waals surface area (Å²) < 4.78 is 24.7. The molecule has 0 aliphatic carbocycles. The molecule has 1 rings (SSSR count). The maximum Gasteiger partial charge on any atom is 0.326 e. The molecule has 116 valence electrons. The molecule has 0 heterocycles. The minimum atomic E-state index is -2.80. The molecular weight excluding hydrogens is 280 g/mol. The molecule has 0 radical (unpaired) electrons. The Bertz CT molecular complexity index is 524. The molecule has 21 heavy (non-hydrogen) atoms. The number of nitrogens with one attached hydrogen (secondary N) is 1. The molecule has 0 bridgehead atoms. The highest BCUT2D eigenvalue weighted by molar-refractivity contribution is 5.98. The third kappa shape index (κ3) is 4.81. The van der Waals surface area contributed by atoms with Crippen LogP contribution in [0, 0.1) is 0 Å². The molecule has 4 nitrogen and oxygen atoms in total.